The highest BCUT2D eigenvalue weighted by atomic mass is 35.5. The van der Waals surface area contributed by atoms with Crippen molar-refractivity contribution in [3.63, 3.8) is 0 Å². The molecule has 26 heavy (non-hydrogen) atoms. The largest absolute Gasteiger partial charge is 0.494 e. The molecule has 1 aromatic heterocycles. The van der Waals surface area contributed by atoms with Crippen molar-refractivity contribution in [2.75, 3.05) is 17.2 Å². The van der Waals surface area contributed by atoms with E-state index in [4.69, 9.17) is 16.3 Å². The zero-order valence-corrected chi connectivity index (χ0v) is 15.0. The van der Waals surface area contributed by atoms with Crippen LogP contribution < -0.4 is 15.4 Å². The summed E-state index contributed by atoms with van der Waals surface area (Å²) in [6, 6.07) is 17.9. The van der Waals surface area contributed by atoms with Gasteiger partial charge in [0.15, 0.2) is 0 Å². The average molecular weight is 368 g/mol. The fourth-order valence-corrected chi connectivity index (χ4v) is 2.45. The maximum Gasteiger partial charge on any atom is 0.255 e. The average Bonchev–Trinajstić information content (AvgIpc) is 2.66. The number of carbonyl (C=O) groups excluding carboxylic acids is 1. The fourth-order valence-electron chi connectivity index (χ4n) is 2.33. The van der Waals surface area contributed by atoms with Crippen molar-refractivity contribution in [1.29, 1.82) is 0 Å². The van der Waals surface area contributed by atoms with Crippen LogP contribution in [-0.2, 0) is 0 Å². The van der Waals surface area contributed by atoms with Crippen LogP contribution in [0.3, 0.4) is 0 Å². The van der Waals surface area contributed by atoms with Gasteiger partial charge in [-0.05, 0) is 67.6 Å². The molecule has 0 atom stereocenters. The number of pyridine rings is 1. The minimum absolute atomic E-state index is 0.218. The van der Waals surface area contributed by atoms with E-state index in [1.54, 1.807) is 42.6 Å². The second-order valence-corrected chi connectivity index (χ2v) is 5.91. The maximum absolute atomic E-state index is 12.4. The zero-order chi connectivity index (χ0) is 18.4. The van der Waals surface area contributed by atoms with Crippen molar-refractivity contribution >= 4 is 34.7 Å². The first kappa shape index (κ1) is 17.8. The van der Waals surface area contributed by atoms with Gasteiger partial charge in [-0.25, -0.2) is 4.98 Å². The summed E-state index contributed by atoms with van der Waals surface area (Å²) in [7, 11) is 0. The molecule has 3 rings (SSSR count). The molecule has 0 spiro atoms. The lowest BCUT2D eigenvalue weighted by Gasteiger charge is -2.09. The summed E-state index contributed by atoms with van der Waals surface area (Å²) < 4.78 is 5.42. The van der Waals surface area contributed by atoms with E-state index in [-0.39, 0.29) is 5.91 Å². The number of nitrogens with one attached hydrogen (secondary N) is 2. The van der Waals surface area contributed by atoms with Crippen LogP contribution in [0.25, 0.3) is 0 Å². The van der Waals surface area contributed by atoms with E-state index in [1.165, 1.54) is 0 Å². The Hall–Kier alpha value is -3.05. The Morgan fingerprint density at radius 3 is 2.42 bits per heavy atom. The molecular weight excluding hydrogens is 350 g/mol. The van der Waals surface area contributed by atoms with Gasteiger partial charge in [-0.3, -0.25) is 4.79 Å². The Balaban J connectivity index is 1.69. The highest BCUT2D eigenvalue weighted by molar-refractivity contribution is 6.30. The van der Waals surface area contributed by atoms with E-state index in [9.17, 15) is 4.79 Å². The minimum atomic E-state index is -0.218. The molecule has 0 fully saturated rings. The number of anilines is 3. The number of benzene rings is 2. The topological polar surface area (TPSA) is 63.2 Å². The molecule has 132 valence electrons. The van der Waals surface area contributed by atoms with Gasteiger partial charge in [-0.1, -0.05) is 11.6 Å². The summed E-state index contributed by atoms with van der Waals surface area (Å²) in [5, 5.41) is 6.62. The number of rotatable bonds is 6. The van der Waals surface area contributed by atoms with Gasteiger partial charge in [0.05, 0.1) is 6.61 Å². The Morgan fingerprint density at radius 2 is 1.73 bits per heavy atom. The third-order valence-corrected chi connectivity index (χ3v) is 3.81. The number of aromatic nitrogens is 1. The molecule has 0 unspecified atom stereocenters. The van der Waals surface area contributed by atoms with Gasteiger partial charge >= 0.3 is 0 Å². The number of nitrogens with zero attached hydrogens (tertiary/aromatic N) is 1. The van der Waals surface area contributed by atoms with E-state index in [0.29, 0.717) is 28.7 Å². The number of ether oxygens (including phenoxy) is 1. The van der Waals surface area contributed by atoms with Crippen LogP contribution in [0.1, 0.15) is 17.3 Å². The van der Waals surface area contributed by atoms with Crippen molar-refractivity contribution in [2.24, 2.45) is 0 Å². The maximum atomic E-state index is 12.4. The lowest BCUT2D eigenvalue weighted by Crippen LogP contribution is -2.12. The molecule has 0 saturated carbocycles. The monoisotopic (exact) mass is 367 g/mol. The number of carbonyl (C=O) groups is 1. The van der Waals surface area contributed by atoms with Gasteiger partial charge in [0.1, 0.15) is 11.6 Å². The first-order valence-corrected chi connectivity index (χ1v) is 8.54. The smallest absolute Gasteiger partial charge is 0.255 e. The van der Waals surface area contributed by atoms with Crippen molar-refractivity contribution < 1.29 is 9.53 Å². The van der Waals surface area contributed by atoms with Gasteiger partial charge in [0, 0.05) is 28.2 Å². The van der Waals surface area contributed by atoms with Crippen molar-refractivity contribution in [3.8, 4) is 5.75 Å². The van der Waals surface area contributed by atoms with Crippen molar-refractivity contribution in [3.05, 3.63) is 77.4 Å². The van der Waals surface area contributed by atoms with Crippen molar-refractivity contribution in [1.82, 2.24) is 4.98 Å². The zero-order valence-electron chi connectivity index (χ0n) is 14.2. The molecule has 3 aromatic rings. The van der Waals surface area contributed by atoms with Crippen LogP contribution in [0.5, 0.6) is 5.75 Å². The van der Waals surface area contributed by atoms with Gasteiger partial charge in [-0.2, -0.15) is 0 Å². The highest BCUT2D eigenvalue weighted by Crippen LogP contribution is 2.20. The van der Waals surface area contributed by atoms with E-state index < -0.39 is 0 Å². The summed E-state index contributed by atoms with van der Waals surface area (Å²) in [5.74, 6) is 1.17. The second-order valence-electron chi connectivity index (χ2n) is 5.47. The molecule has 0 aliphatic heterocycles. The van der Waals surface area contributed by atoms with E-state index in [0.717, 1.165) is 11.4 Å². The molecule has 0 radical (unpaired) electrons. The summed E-state index contributed by atoms with van der Waals surface area (Å²) in [5.41, 5.74) is 2.04. The Labute approximate surface area is 157 Å². The van der Waals surface area contributed by atoms with Crippen LogP contribution >= 0.6 is 11.6 Å². The molecule has 2 aromatic carbocycles. The molecule has 5 nitrogen and oxygen atoms in total. The normalized spacial score (nSPS) is 10.2. The predicted octanol–water partition coefficient (Wildman–Crippen LogP) is 5.13. The van der Waals surface area contributed by atoms with Crippen LogP contribution in [-0.4, -0.2) is 17.5 Å². The second kappa shape index (κ2) is 8.36. The summed E-state index contributed by atoms with van der Waals surface area (Å²) in [6.45, 7) is 2.57. The first-order valence-electron chi connectivity index (χ1n) is 8.17. The summed E-state index contributed by atoms with van der Waals surface area (Å²) >= 11 is 5.85. The molecule has 2 N–H and O–H groups in total. The molecule has 0 saturated heterocycles. The Morgan fingerprint density at radius 1 is 1.04 bits per heavy atom. The quantitative estimate of drug-likeness (QED) is 0.634. The number of hydrogen-bond acceptors (Lipinski definition) is 4. The molecule has 1 amide bonds. The van der Waals surface area contributed by atoms with Gasteiger partial charge in [0.2, 0.25) is 0 Å². The highest BCUT2D eigenvalue weighted by Gasteiger charge is 2.08. The number of hydrogen-bond donors (Lipinski definition) is 2. The standard InChI is InChI=1S/C20H18ClN3O2/c1-2-26-18-9-7-16(8-10-18)23-19-13-14(11-12-22-19)20(25)24-17-5-3-15(21)4-6-17/h3-13H,2H2,1H3,(H,22,23)(H,24,25). The SMILES string of the molecule is CCOc1ccc(Nc2cc(C(=O)Nc3ccc(Cl)cc3)ccn2)cc1. The number of amides is 1. The molecule has 1 heterocycles. The number of halogens is 1. The lowest BCUT2D eigenvalue weighted by molar-refractivity contribution is 0.102. The van der Waals surface area contributed by atoms with Crippen LogP contribution in [0, 0.1) is 0 Å². The van der Waals surface area contributed by atoms with Gasteiger partial charge in [-0.15, -0.1) is 0 Å². The van der Waals surface area contributed by atoms with E-state index >= 15 is 0 Å². The molecule has 0 aliphatic rings. The van der Waals surface area contributed by atoms with Crippen LogP contribution in [0.2, 0.25) is 5.02 Å². The van der Waals surface area contributed by atoms with Crippen LogP contribution in [0.4, 0.5) is 17.2 Å². The third kappa shape index (κ3) is 4.74. The molecule has 6 heteroatoms. The Bertz CT molecular complexity index is 880. The van der Waals surface area contributed by atoms with E-state index in [1.807, 2.05) is 31.2 Å². The molecule has 0 bridgehead atoms. The first-order chi connectivity index (χ1) is 12.6. The molecule has 0 aliphatic carbocycles. The Kier molecular flexibility index (Phi) is 5.71. The summed E-state index contributed by atoms with van der Waals surface area (Å²) in [4.78, 5) is 16.7. The van der Waals surface area contributed by atoms with Crippen LogP contribution in [0.15, 0.2) is 66.9 Å². The molecular formula is C20H18ClN3O2. The van der Waals surface area contributed by atoms with Gasteiger partial charge < -0.3 is 15.4 Å². The van der Waals surface area contributed by atoms with Crippen molar-refractivity contribution in [2.45, 2.75) is 6.92 Å². The van der Waals surface area contributed by atoms with E-state index in [2.05, 4.69) is 15.6 Å². The fraction of sp³-hybridized carbons (Fsp3) is 0.100. The predicted molar refractivity (Wildman–Crippen MR) is 105 cm³/mol. The van der Waals surface area contributed by atoms with Gasteiger partial charge in [0.25, 0.3) is 5.91 Å². The third-order valence-electron chi connectivity index (χ3n) is 3.56. The summed E-state index contributed by atoms with van der Waals surface area (Å²) in [6.07, 6.45) is 1.59. The lowest BCUT2D eigenvalue weighted by atomic mass is 10.2. The minimum Gasteiger partial charge on any atom is -0.494 e.